The number of anilines is 8. The number of nitrogens with one attached hydrogen (secondary N) is 8. The first-order valence-electron chi connectivity index (χ1n) is 38.4. The third-order valence-corrected chi connectivity index (χ3v) is 24.8. The van der Waals surface area contributed by atoms with Crippen molar-refractivity contribution in [3.05, 3.63) is 198 Å². The van der Waals surface area contributed by atoms with Crippen LogP contribution in [0.3, 0.4) is 0 Å². The van der Waals surface area contributed by atoms with E-state index in [2.05, 4.69) is 157 Å². The third-order valence-electron chi connectivity index (χ3n) is 20.5. The van der Waals surface area contributed by atoms with Crippen LogP contribution in [0.2, 0.25) is 0 Å². The largest absolute Gasteiger partial charge is 0.463 e. The highest BCUT2D eigenvalue weighted by Gasteiger charge is 2.27. The number of nitrogens with zero attached hydrogens (tertiary/aromatic N) is 19. The number of rotatable bonds is 18. The first kappa shape index (κ1) is 75.7. The summed E-state index contributed by atoms with van der Waals surface area (Å²) in [5, 5.41) is 63.6. The second-order valence-electron chi connectivity index (χ2n) is 29.1. The summed E-state index contributed by atoms with van der Waals surface area (Å²) in [5.74, 6) is 5.23. The standard InChI is InChI=1S/C21H23N7S.C20H21N7O2S.C20H22N6S.C19H21N7S2/c1-13-5-6-15(11-23-13)17-12-24-28-19(26-20-8-14(2)27-29-20)9-18(25-21(17)28)16-4-3-7-22-10-16;1-12-5-19(30-26-12)25-18-7-17(13-3-2-4-21-8-13)24-20-16(10-22-27(18)20)14-6-15(9-23-28)29-11-14;1-13-9-19(27-25-13)24-18-10-17(15-7-4-8-21-11-15)23-20-16(12-22-26(18)20)14-5-2-3-6-14;1-12-7-18(28-24-12)22-16-8-17(27-14-3-5-20-9-14)23-19-15(10-21-26(16)19)13-4-6-25(2)11-13/h5-6,8-9,11-12,16,22,26H,3-4,7,10H2,1-2H3;5-7,9-11,13,21,25,28H,2-4,8H2,1H3;2,5-6,9-10,12,15,21,24H,3-4,7-8,11H2,1H3;4,6-8,10-11,14,20,22H,3,5,9H2,1-2H3. The van der Waals surface area contributed by atoms with Gasteiger partial charge in [0.05, 0.1) is 70.9 Å². The van der Waals surface area contributed by atoms with Gasteiger partial charge < -0.3 is 56.7 Å². The summed E-state index contributed by atoms with van der Waals surface area (Å²) in [7, 11) is 2.02. The molecule has 4 atom stereocenters. The van der Waals surface area contributed by atoms with Crippen molar-refractivity contribution in [2.24, 2.45) is 12.2 Å². The minimum absolute atomic E-state index is 0.344. The van der Waals surface area contributed by atoms with Gasteiger partial charge in [-0.3, -0.25) is 4.98 Å². The SMILES string of the molecule is Cc1cc(Nc2cc(C3CCCNC3)nc3c(-c4coc(C=NO)c4)cnn23)sn1.Cc1cc(Nc2cc(C3CCCNC3)nc3c(C4=CCC=C4)cnn23)sn1.Cc1cc(Nc2cc(SC3CCNC3)nc3c(-c4ccn(C)c4)cnn23)sn1.Cc1ccc(-c2cnn3c(Nc4cc(C)ns4)cc(C4CCCNC4)nc23)cn1. The van der Waals surface area contributed by atoms with Gasteiger partial charge in [-0.05, 0) is 206 Å². The molecule has 4 fully saturated rings. The number of allylic oxidation sites excluding steroid dienone is 4. The van der Waals surface area contributed by atoms with Crippen molar-refractivity contribution in [3.8, 4) is 33.4 Å². The second-order valence-corrected chi connectivity index (χ2v) is 33.6. The zero-order valence-corrected chi connectivity index (χ0v) is 68.0. The quantitative estimate of drug-likeness (QED) is 0.0167. The van der Waals surface area contributed by atoms with Crippen molar-refractivity contribution < 1.29 is 9.62 Å². The Balaban J connectivity index is 0.000000110. The fourth-order valence-electron chi connectivity index (χ4n) is 14.7. The highest BCUT2D eigenvalue weighted by molar-refractivity contribution is 7.99. The average Bonchev–Trinajstić information content (AvgIpc) is 1.63. The molecule has 15 aromatic rings. The van der Waals surface area contributed by atoms with Crippen LogP contribution in [0.15, 0.2) is 155 Å². The molecule has 4 unspecified atom stereocenters. The van der Waals surface area contributed by atoms with Gasteiger partial charge >= 0.3 is 0 Å². The van der Waals surface area contributed by atoms with E-state index in [9.17, 15) is 0 Å². The summed E-state index contributed by atoms with van der Waals surface area (Å²) < 4.78 is 32.5. The van der Waals surface area contributed by atoms with Crippen LogP contribution in [0.25, 0.3) is 61.5 Å². The van der Waals surface area contributed by atoms with Crippen molar-refractivity contribution in [1.82, 2.24) is 107 Å². The maximum absolute atomic E-state index is 8.75. The van der Waals surface area contributed by atoms with E-state index in [1.54, 1.807) is 23.0 Å². The maximum atomic E-state index is 8.75. The Labute approximate surface area is 678 Å². The van der Waals surface area contributed by atoms with E-state index in [1.807, 2.05) is 127 Å². The molecule has 0 spiro atoms. The molecule has 20 rings (SSSR count). The molecular formula is C80H87N27O2S5. The summed E-state index contributed by atoms with van der Waals surface area (Å²) >= 11 is 7.63. The van der Waals surface area contributed by atoms with E-state index in [4.69, 9.17) is 29.6 Å². The normalized spacial score (nSPS) is 17.6. The van der Waals surface area contributed by atoms with E-state index < -0.39 is 0 Å². The van der Waals surface area contributed by atoms with Gasteiger partial charge in [-0.25, -0.2) is 19.9 Å². The van der Waals surface area contributed by atoms with Crippen LogP contribution in [0.4, 0.5) is 43.3 Å². The Morgan fingerprint density at radius 3 is 1.38 bits per heavy atom. The van der Waals surface area contributed by atoms with Gasteiger partial charge in [0.25, 0.3) is 0 Å². The van der Waals surface area contributed by atoms with E-state index in [1.165, 1.54) is 83.6 Å². The molecule has 0 radical (unpaired) electrons. The fraction of sp³-hybridized carbons (Fsp3) is 0.325. The molecule has 0 amide bonds. The lowest BCUT2D eigenvalue weighted by molar-refractivity contribution is 0.320. The Kier molecular flexibility index (Phi) is 22.8. The molecule has 15 aromatic heterocycles. The van der Waals surface area contributed by atoms with Gasteiger partial charge in [0.15, 0.2) is 22.6 Å². The van der Waals surface area contributed by atoms with Crippen molar-refractivity contribution in [3.63, 3.8) is 0 Å². The number of pyridine rings is 1. The summed E-state index contributed by atoms with van der Waals surface area (Å²) in [4.78, 5) is 24.5. The lowest BCUT2D eigenvalue weighted by Crippen LogP contribution is -2.29. The molecule has 0 bridgehead atoms. The highest BCUT2D eigenvalue weighted by Crippen LogP contribution is 2.39. The van der Waals surface area contributed by atoms with Crippen LogP contribution >= 0.6 is 57.9 Å². The summed E-state index contributed by atoms with van der Waals surface area (Å²) in [6.45, 7) is 18.1. The lowest BCUT2D eigenvalue weighted by atomic mass is 9.96. The molecule has 4 saturated heterocycles. The number of hydrogen-bond donors (Lipinski definition) is 9. The first-order valence-corrected chi connectivity index (χ1v) is 42.3. The van der Waals surface area contributed by atoms with E-state index >= 15 is 0 Å². The average molecular weight is 1620 g/mol. The number of fused-ring (bicyclic) bond motifs is 4. The van der Waals surface area contributed by atoms with E-state index in [0.29, 0.717) is 28.8 Å². The Morgan fingerprint density at radius 2 is 0.965 bits per heavy atom. The second kappa shape index (κ2) is 34.4. The number of oxime groups is 1. The number of aromatic nitrogens is 18. The molecule has 584 valence electrons. The predicted octanol–water partition coefficient (Wildman–Crippen LogP) is 15.6. The van der Waals surface area contributed by atoms with Crippen LogP contribution in [-0.2, 0) is 7.05 Å². The Morgan fingerprint density at radius 1 is 0.500 bits per heavy atom. The molecule has 1 aliphatic carbocycles. The summed E-state index contributed by atoms with van der Waals surface area (Å²) in [6.07, 6.45) is 32.0. The van der Waals surface area contributed by atoms with Gasteiger partial charge in [0, 0.05) is 144 Å². The molecular weight excluding hydrogens is 1530 g/mol. The number of thioether (sulfide) groups is 1. The molecule has 5 aliphatic rings. The minimum atomic E-state index is 0.344. The van der Waals surface area contributed by atoms with Crippen LogP contribution in [0, 0.1) is 34.6 Å². The summed E-state index contributed by atoms with van der Waals surface area (Å²) in [6, 6.07) is 24.6. The Bertz CT molecular complexity index is 5940. The van der Waals surface area contributed by atoms with Crippen LogP contribution in [0.5, 0.6) is 0 Å². The van der Waals surface area contributed by atoms with Gasteiger partial charge in [-0.1, -0.05) is 29.5 Å². The topological polar surface area (TPSA) is 332 Å². The maximum Gasteiger partial charge on any atom is 0.166 e. The zero-order valence-electron chi connectivity index (χ0n) is 63.9. The number of piperidine rings is 3. The number of hydrogen-bond acceptors (Lipinski definition) is 29. The first-order chi connectivity index (χ1) is 55.8. The van der Waals surface area contributed by atoms with E-state index in [0.717, 1.165) is 233 Å². The molecule has 29 nitrogen and oxygen atoms in total. The van der Waals surface area contributed by atoms with Gasteiger partial charge in [0.1, 0.15) is 60.3 Å². The molecule has 0 saturated carbocycles. The van der Waals surface area contributed by atoms with Gasteiger partial charge in [0.2, 0.25) is 0 Å². The molecule has 114 heavy (non-hydrogen) atoms. The van der Waals surface area contributed by atoms with Crippen molar-refractivity contribution in [1.29, 1.82) is 0 Å². The smallest absolute Gasteiger partial charge is 0.166 e. The number of aryl methyl sites for hydroxylation is 6. The fourth-order valence-corrected chi connectivity index (χ4v) is 18.5. The van der Waals surface area contributed by atoms with Gasteiger partial charge in [-0.15, -0.1) is 11.8 Å². The van der Waals surface area contributed by atoms with Gasteiger partial charge in [-0.2, -0.15) is 56.0 Å². The van der Waals surface area contributed by atoms with Crippen molar-refractivity contribution in [2.75, 3.05) is 73.6 Å². The predicted molar refractivity (Wildman–Crippen MR) is 455 cm³/mol. The van der Waals surface area contributed by atoms with Crippen LogP contribution in [0.1, 0.15) is 126 Å². The monoisotopic (exact) mass is 1620 g/mol. The Hall–Kier alpha value is -11.0. The molecule has 4 aliphatic heterocycles. The lowest BCUT2D eigenvalue weighted by Gasteiger charge is -2.23. The zero-order chi connectivity index (χ0) is 77.6. The molecule has 9 N–H and O–H groups in total. The number of furan rings is 1. The van der Waals surface area contributed by atoms with Crippen molar-refractivity contribution >= 4 is 136 Å². The summed E-state index contributed by atoms with van der Waals surface area (Å²) in [5.41, 5.74) is 19.8. The molecule has 0 aromatic carbocycles. The highest BCUT2D eigenvalue weighted by atomic mass is 32.2. The minimum Gasteiger partial charge on any atom is -0.463 e. The third kappa shape index (κ3) is 17.3. The van der Waals surface area contributed by atoms with Crippen molar-refractivity contribution in [2.45, 2.75) is 114 Å². The van der Waals surface area contributed by atoms with Crippen LogP contribution in [-0.4, -0.2) is 154 Å². The molecule has 19 heterocycles. The van der Waals surface area contributed by atoms with Crippen LogP contribution < -0.4 is 42.5 Å². The van der Waals surface area contributed by atoms with E-state index in [-0.39, 0.29) is 0 Å². The molecule has 34 heteroatoms.